The van der Waals surface area contributed by atoms with Crippen molar-refractivity contribution in [2.45, 2.75) is 12.8 Å². The third-order valence-corrected chi connectivity index (χ3v) is 3.03. The normalized spacial score (nSPS) is 22.3. The Morgan fingerprint density at radius 1 is 1.60 bits per heavy atom. The molecule has 1 heterocycles. The molecule has 4 nitrogen and oxygen atoms in total. The van der Waals surface area contributed by atoms with Crippen molar-refractivity contribution in [1.29, 1.82) is 0 Å². The number of methoxy groups -OCH3 is 1. The lowest BCUT2D eigenvalue weighted by Gasteiger charge is -2.17. The maximum absolute atomic E-state index is 11.0. The zero-order valence-electron chi connectivity index (χ0n) is 10.0. The summed E-state index contributed by atoms with van der Waals surface area (Å²) in [4.78, 5) is 15.4. The van der Waals surface area contributed by atoms with Crippen LogP contribution >= 0.6 is 0 Å². The van der Waals surface area contributed by atoms with Crippen molar-refractivity contribution >= 4 is 5.97 Å². The Morgan fingerprint density at radius 2 is 2.33 bits per heavy atom. The van der Waals surface area contributed by atoms with Gasteiger partial charge in [-0.25, -0.2) is 0 Å². The molecule has 0 aromatic rings. The number of rotatable bonds is 5. The van der Waals surface area contributed by atoms with Crippen molar-refractivity contribution in [1.82, 2.24) is 9.80 Å². The van der Waals surface area contributed by atoms with Crippen molar-refractivity contribution in [3.05, 3.63) is 0 Å². The molecule has 1 aliphatic heterocycles. The first kappa shape index (κ1) is 12.5. The topological polar surface area (TPSA) is 32.8 Å². The van der Waals surface area contributed by atoms with Crippen LogP contribution in [0.4, 0.5) is 0 Å². The van der Waals surface area contributed by atoms with Crippen LogP contribution in [0.3, 0.4) is 0 Å². The monoisotopic (exact) mass is 214 g/mol. The number of hydrogen-bond acceptors (Lipinski definition) is 4. The van der Waals surface area contributed by atoms with Crippen LogP contribution in [0, 0.1) is 5.92 Å². The summed E-state index contributed by atoms with van der Waals surface area (Å²) >= 11 is 0. The average molecular weight is 214 g/mol. The van der Waals surface area contributed by atoms with Crippen LogP contribution in [0.1, 0.15) is 12.8 Å². The molecule has 88 valence electrons. The molecule has 4 heteroatoms. The van der Waals surface area contributed by atoms with Gasteiger partial charge < -0.3 is 9.64 Å². The summed E-state index contributed by atoms with van der Waals surface area (Å²) in [5, 5.41) is 0. The minimum absolute atomic E-state index is 0.152. The van der Waals surface area contributed by atoms with E-state index in [-0.39, 0.29) is 5.97 Å². The van der Waals surface area contributed by atoms with Crippen LogP contribution in [0.2, 0.25) is 0 Å². The fourth-order valence-corrected chi connectivity index (χ4v) is 2.03. The molecule has 1 unspecified atom stereocenters. The number of likely N-dealkylation sites (tertiary alicyclic amines) is 1. The zero-order valence-corrected chi connectivity index (χ0v) is 10.0. The summed E-state index contributed by atoms with van der Waals surface area (Å²) in [5.41, 5.74) is 0. The predicted octanol–water partition coefficient (Wildman–Crippen LogP) is 0.433. The molecule has 0 bridgehead atoms. The number of likely N-dealkylation sites (N-methyl/N-ethyl adjacent to an activating group) is 1. The molecule has 0 aliphatic carbocycles. The van der Waals surface area contributed by atoms with Crippen LogP contribution in [0.25, 0.3) is 0 Å². The van der Waals surface area contributed by atoms with Gasteiger partial charge in [0.1, 0.15) is 0 Å². The quantitative estimate of drug-likeness (QED) is 0.621. The zero-order chi connectivity index (χ0) is 11.3. The third kappa shape index (κ3) is 4.62. The first-order valence-corrected chi connectivity index (χ1v) is 5.55. The predicted molar refractivity (Wildman–Crippen MR) is 59.7 cm³/mol. The number of carbonyl (C=O) groups excluding carboxylic acids is 1. The molecule has 0 saturated carbocycles. The van der Waals surface area contributed by atoms with Crippen molar-refractivity contribution in [3.8, 4) is 0 Å². The van der Waals surface area contributed by atoms with Crippen molar-refractivity contribution in [3.63, 3.8) is 0 Å². The maximum atomic E-state index is 11.0. The summed E-state index contributed by atoms with van der Waals surface area (Å²) in [6.45, 7) is 3.80. The van der Waals surface area contributed by atoms with Crippen LogP contribution in [0.5, 0.6) is 0 Å². The Kier molecular flexibility index (Phi) is 5.05. The SMILES string of the molecule is COC(=O)CN(C)CCC1CCN(C)C1. The van der Waals surface area contributed by atoms with Gasteiger partial charge in [0.25, 0.3) is 0 Å². The van der Waals surface area contributed by atoms with Crippen LogP contribution in [-0.2, 0) is 9.53 Å². The van der Waals surface area contributed by atoms with Crippen LogP contribution in [-0.4, -0.2) is 63.2 Å². The van der Waals surface area contributed by atoms with Gasteiger partial charge in [-0.1, -0.05) is 0 Å². The maximum Gasteiger partial charge on any atom is 0.319 e. The van der Waals surface area contributed by atoms with Gasteiger partial charge in [0.15, 0.2) is 0 Å². The van der Waals surface area contributed by atoms with Crippen molar-refractivity contribution in [2.24, 2.45) is 5.92 Å². The lowest BCUT2D eigenvalue weighted by molar-refractivity contribution is -0.141. The lowest BCUT2D eigenvalue weighted by atomic mass is 10.1. The second kappa shape index (κ2) is 6.08. The van der Waals surface area contributed by atoms with E-state index < -0.39 is 0 Å². The number of hydrogen-bond donors (Lipinski definition) is 0. The molecule has 0 spiro atoms. The number of nitrogens with zero attached hydrogens (tertiary/aromatic N) is 2. The Hall–Kier alpha value is -0.610. The molecule has 1 atom stereocenters. The van der Waals surface area contributed by atoms with E-state index in [1.807, 2.05) is 11.9 Å². The Labute approximate surface area is 92.2 Å². The highest BCUT2D eigenvalue weighted by atomic mass is 16.5. The fraction of sp³-hybridized carbons (Fsp3) is 0.909. The van der Waals surface area contributed by atoms with Gasteiger partial charge in [-0.15, -0.1) is 0 Å². The van der Waals surface area contributed by atoms with Gasteiger partial charge in [0.2, 0.25) is 0 Å². The van der Waals surface area contributed by atoms with E-state index in [0.717, 1.165) is 12.5 Å². The van der Waals surface area contributed by atoms with E-state index in [0.29, 0.717) is 6.54 Å². The largest absolute Gasteiger partial charge is 0.468 e. The molecule has 0 radical (unpaired) electrons. The Morgan fingerprint density at radius 3 is 2.87 bits per heavy atom. The van der Waals surface area contributed by atoms with Gasteiger partial charge in [-0.3, -0.25) is 9.69 Å². The molecule has 1 saturated heterocycles. The molecule has 0 amide bonds. The summed E-state index contributed by atoms with van der Waals surface area (Å²) in [5.74, 6) is 0.649. The lowest BCUT2D eigenvalue weighted by Crippen LogP contribution is -2.29. The summed E-state index contributed by atoms with van der Waals surface area (Å²) in [6.07, 6.45) is 2.47. The molecule has 0 aromatic heterocycles. The summed E-state index contributed by atoms with van der Waals surface area (Å²) in [7, 11) is 5.57. The molecule has 0 aromatic carbocycles. The van der Waals surface area contributed by atoms with E-state index in [9.17, 15) is 4.79 Å². The highest BCUT2D eigenvalue weighted by molar-refractivity contribution is 5.71. The first-order chi connectivity index (χ1) is 7.11. The van der Waals surface area contributed by atoms with Gasteiger partial charge in [-0.05, 0) is 45.9 Å². The van der Waals surface area contributed by atoms with Gasteiger partial charge >= 0.3 is 5.97 Å². The number of esters is 1. The van der Waals surface area contributed by atoms with Gasteiger partial charge in [0, 0.05) is 6.54 Å². The smallest absolute Gasteiger partial charge is 0.319 e. The standard InChI is InChI=1S/C11H22N2O2/c1-12-6-4-10(8-12)5-7-13(2)9-11(14)15-3/h10H,4-9H2,1-3H3. The second-order valence-electron chi connectivity index (χ2n) is 4.52. The summed E-state index contributed by atoms with van der Waals surface area (Å²) in [6, 6.07) is 0. The molecule has 0 N–H and O–H groups in total. The highest BCUT2D eigenvalue weighted by Crippen LogP contribution is 2.17. The van der Waals surface area contributed by atoms with E-state index in [1.54, 1.807) is 0 Å². The second-order valence-corrected chi connectivity index (χ2v) is 4.52. The third-order valence-electron chi connectivity index (χ3n) is 3.03. The van der Waals surface area contributed by atoms with E-state index in [1.165, 1.54) is 33.0 Å². The molecule has 1 rings (SSSR count). The van der Waals surface area contributed by atoms with E-state index in [4.69, 9.17) is 0 Å². The molecular formula is C11H22N2O2. The first-order valence-electron chi connectivity index (χ1n) is 5.55. The van der Waals surface area contributed by atoms with E-state index in [2.05, 4.69) is 16.7 Å². The molecule has 15 heavy (non-hydrogen) atoms. The highest BCUT2D eigenvalue weighted by Gasteiger charge is 2.19. The minimum atomic E-state index is -0.152. The Bertz CT molecular complexity index is 209. The number of carbonyl (C=O) groups is 1. The Balaban J connectivity index is 2.11. The van der Waals surface area contributed by atoms with Crippen molar-refractivity contribution in [2.75, 3.05) is 47.4 Å². The summed E-state index contributed by atoms with van der Waals surface area (Å²) < 4.78 is 4.62. The van der Waals surface area contributed by atoms with E-state index >= 15 is 0 Å². The minimum Gasteiger partial charge on any atom is -0.468 e. The van der Waals surface area contributed by atoms with Crippen LogP contribution < -0.4 is 0 Å². The fourth-order valence-electron chi connectivity index (χ4n) is 2.03. The van der Waals surface area contributed by atoms with Gasteiger partial charge in [-0.2, -0.15) is 0 Å². The van der Waals surface area contributed by atoms with Crippen LogP contribution in [0.15, 0.2) is 0 Å². The average Bonchev–Trinajstić information content (AvgIpc) is 2.61. The van der Waals surface area contributed by atoms with Gasteiger partial charge in [0.05, 0.1) is 13.7 Å². The molecular weight excluding hydrogens is 192 g/mol. The molecule has 1 aliphatic rings. The molecule has 1 fully saturated rings. The number of ether oxygens (including phenoxy) is 1. The van der Waals surface area contributed by atoms with Crippen molar-refractivity contribution < 1.29 is 9.53 Å².